The van der Waals surface area contributed by atoms with E-state index in [4.69, 9.17) is 5.73 Å². The summed E-state index contributed by atoms with van der Waals surface area (Å²) in [4.78, 5) is 0. The van der Waals surface area contributed by atoms with Crippen molar-refractivity contribution in [3.63, 3.8) is 0 Å². The highest BCUT2D eigenvalue weighted by atomic mass is 14.9. The topological polar surface area (TPSA) is 38.0 Å². The standard InChI is InChI=1S/C7H17N2/c1-6(2)7(3)9-5-4-8/h6,9H,4-5,8H2,1-3H3. The van der Waals surface area contributed by atoms with E-state index >= 15 is 0 Å². The first-order valence-electron chi connectivity index (χ1n) is 3.46. The van der Waals surface area contributed by atoms with Crippen LogP contribution in [0.1, 0.15) is 20.8 Å². The largest absolute Gasteiger partial charge is 0.329 e. The molecule has 0 aromatic heterocycles. The molecule has 0 spiro atoms. The zero-order chi connectivity index (χ0) is 7.28. The predicted molar refractivity (Wildman–Crippen MR) is 40.8 cm³/mol. The average molecular weight is 129 g/mol. The van der Waals surface area contributed by atoms with Gasteiger partial charge < -0.3 is 11.1 Å². The van der Waals surface area contributed by atoms with Gasteiger partial charge in [0, 0.05) is 19.1 Å². The first-order valence-corrected chi connectivity index (χ1v) is 3.46. The Morgan fingerprint density at radius 1 is 1.56 bits per heavy atom. The molecule has 9 heavy (non-hydrogen) atoms. The zero-order valence-electron chi connectivity index (χ0n) is 6.57. The lowest BCUT2D eigenvalue weighted by Gasteiger charge is -2.15. The van der Waals surface area contributed by atoms with Gasteiger partial charge in [0.05, 0.1) is 0 Å². The van der Waals surface area contributed by atoms with Crippen LogP contribution in [0.2, 0.25) is 0 Å². The van der Waals surface area contributed by atoms with Crippen molar-refractivity contribution in [1.82, 2.24) is 5.32 Å². The Labute approximate surface area is 57.8 Å². The van der Waals surface area contributed by atoms with E-state index in [-0.39, 0.29) is 0 Å². The van der Waals surface area contributed by atoms with Crippen LogP contribution in [0.15, 0.2) is 0 Å². The molecule has 0 aliphatic heterocycles. The summed E-state index contributed by atoms with van der Waals surface area (Å²) in [7, 11) is 0. The van der Waals surface area contributed by atoms with Gasteiger partial charge in [-0.2, -0.15) is 0 Å². The molecule has 55 valence electrons. The molecule has 2 nitrogen and oxygen atoms in total. The quantitative estimate of drug-likeness (QED) is 0.587. The molecule has 0 aliphatic carbocycles. The fourth-order valence-electron chi connectivity index (χ4n) is 0.473. The number of hydrogen-bond acceptors (Lipinski definition) is 2. The molecular weight excluding hydrogens is 112 g/mol. The van der Waals surface area contributed by atoms with Crippen LogP contribution in [0, 0.1) is 12.0 Å². The Bertz CT molecular complexity index is 61.9. The minimum Gasteiger partial charge on any atom is -0.329 e. The number of nitrogens with two attached hydrogens (primary N) is 1. The molecule has 0 aromatic rings. The highest BCUT2D eigenvalue weighted by Crippen LogP contribution is 2.06. The summed E-state index contributed by atoms with van der Waals surface area (Å²) in [6, 6.07) is 1.32. The van der Waals surface area contributed by atoms with Crippen LogP contribution in [-0.4, -0.2) is 13.1 Å². The van der Waals surface area contributed by atoms with E-state index in [2.05, 4.69) is 26.1 Å². The van der Waals surface area contributed by atoms with Gasteiger partial charge in [0.15, 0.2) is 0 Å². The molecule has 0 saturated heterocycles. The summed E-state index contributed by atoms with van der Waals surface area (Å²) in [5, 5.41) is 3.22. The van der Waals surface area contributed by atoms with Gasteiger partial charge in [-0.1, -0.05) is 13.8 Å². The van der Waals surface area contributed by atoms with E-state index in [1.807, 2.05) is 0 Å². The molecule has 2 heteroatoms. The molecule has 3 N–H and O–H groups in total. The van der Waals surface area contributed by atoms with Gasteiger partial charge in [-0.25, -0.2) is 0 Å². The summed E-state index contributed by atoms with van der Waals surface area (Å²) in [5.41, 5.74) is 5.30. The molecule has 0 amide bonds. The molecule has 0 bridgehead atoms. The molecule has 0 saturated carbocycles. The predicted octanol–water partition coefficient (Wildman–Crippen LogP) is 0.743. The minimum absolute atomic E-state index is 0.622. The first kappa shape index (κ1) is 8.92. The highest BCUT2D eigenvalue weighted by Gasteiger charge is 2.04. The lowest BCUT2D eigenvalue weighted by Crippen LogP contribution is -2.28. The van der Waals surface area contributed by atoms with Crippen LogP contribution in [0.25, 0.3) is 0 Å². The second kappa shape index (κ2) is 4.77. The second-order valence-electron chi connectivity index (χ2n) is 2.55. The van der Waals surface area contributed by atoms with E-state index in [1.54, 1.807) is 0 Å². The summed E-state index contributed by atoms with van der Waals surface area (Å²) in [5.74, 6) is 0.622. The van der Waals surface area contributed by atoms with Crippen molar-refractivity contribution in [3.05, 3.63) is 6.04 Å². The third-order valence-corrected chi connectivity index (χ3v) is 1.41. The van der Waals surface area contributed by atoms with E-state index in [9.17, 15) is 0 Å². The Balaban J connectivity index is 3.16. The van der Waals surface area contributed by atoms with Crippen LogP contribution in [0.4, 0.5) is 0 Å². The average Bonchev–Trinajstić information content (AvgIpc) is 1.82. The van der Waals surface area contributed by atoms with Gasteiger partial charge in [-0.05, 0) is 12.8 Å². The first-order chi connectivity index (χ1) is 4.18. The van der Waals surface area contributed by atoms with Crippen molar-refractivity contribution >= 4 is 0 Å². The Hall–Kier alpha value is -0.0800. The maximum absolute atomic E-state index is 5.30. The van der Waals surface area contributed by atoms with Gasteiger partial charge in [-0.3, -0.25) is 0 Å². The Kier molecular flexibility index (Phi) is 4.72. The highest BCUT2D eigenvalue weighted by molar-refractivity contribution is 4.83. The third-order valence-electron chi connectivity index (χ3n) is 1.41. The van der Waals surface area contributed by atoms with Gasteiger partial charge in [-0.15, -0.1) is 0 Å². The summed E-state index contributed by atoms with van der Waals surface area (Å²) >= 11 is 0. The molecule has 0 heterocycles. The summed E-state index contributed by atoms with van der Waals surface area (Å²) < 4.78 is 0. The lowest BCUT2D eigenvalue weighted by molar-refractivity contribution is 0.553. The Morgan fingerprint density at radius 3 is 2.44 bits per heavy atom. The molecule has 0 rings (SSSR count). The van der Waals surface area contributed by atoms with Gasteiger partial charge in [0.1, 0.15) is 0 Å². The third kappa shape index (κ3) is 4.43. The molecular formula is C7H17N2. The normalized spacial score (nSPS) is 11.3. The lowest BCUT2D eigenvalue weighted by atomic mass is 10.1. The molecule has 0 aromatic carbocycles. The number of rotatable bonds is 4. The second-order valence-corrected chi connectivity index (χ2v) is 2.55. The minimum atomic E-state index is 0.622. The SMILES string of the molecule is C[C](NCCN)C(C)C. The van der Waals surface area contributed by atoms with Crippen molar-refractivity contribution in [2.24, 2.45) is 11.7 Å². The Morgan fingerprint density at radius 2 is 2.11 bits per heavy atom. The smallest absolute Gasteiger partial charge is 0.0358 e. The van der Waals surface area contributed by atoms with Crippen molar-refractivity contribution < 1.29 is 0 Å². The molecule has 1 radical (unpaired) electrons. The molecule has 0 fully saturated rings. The summed E-state index contributed by atoms with van der Waals surface area (Å²) in [6.45, 7) is 8.03. The van der Waals surface area contributed by atoms with Gasteiger partial charge >= 0.3 is 0 Å². The van der Waals surface area contributed by atoms with Crippen molar-refractivity contribution in [2.75, 3.05) is 13.1 Å². The van der Waals surface area contributed by atoms with Crippen molar-refractivity contribution in [2.45, 2.75) is 20.8 Å². The molecule has 0 unspecified atom stereocenters. The van der Waals surface area contributed by atoms with E-state index in [1.165, 1.54) is 6.04 Å². The van der Waals surface area contributed by atoms with Crippen LogP contribution in [0.3, 0.4) is 0 Å². The van der Waals surface area contributed by atoms with Gasteiger partial charge in [0.25, 0.3) is 0 Å². The maximum Gasteiger partial charge on any atom is 0.0358 e. The maximum atomic E-state index is 5.30. The molecule has 0 aliphatic rings. The van der Waals surface area contributed by atoms with Crippen molar-refractivity contribution in [3.8, 4) is 0 Å². The zero-order valence-corrected chi connectivity index (χ0v) is 6.57. The number of hydrogen-bond donors (Lipinski definition) is 2. The summed E-state index contributed by atoms with van der Waals surface area (Å²) in [6.07, 6.45) is 0. The van der Waals surface area contributed by atoms with Crippen LogP contribution in [0.5, 0.6) is 0 Å². The monoisotopic (exact) mass is 129 g/mol. The van der Waals surface area contributed by atoms with E-state index in [0.717, 1.165) is 6.54 Å². The molecule has 0 atom stereocenters. The van der Waals surface area contributed by atoms with E-state index in [0.29, 0.717) is 12.5 Å². The van der Waals surface area contributed by atoms with E-state index < -0.39 is 0 Å². The van der Waals surface area contributed by atoms with Gasteiger partial charge in [0.2, 0.25) is 0 Å². The number of nitrogens with one attached hydrogen (secondary N) is 1. The van der Waals surface area contributed by atoms with Crippen LogP contribution >= 0.6 is 0 Å². The fourth-order valence-corrected chi connectivity index (χ4v) is 0.473. The van der Waals surface area contributed by atoms with Crippen LogP contribution in [-0.2, 0) is 0 Å². The van der Waals surface area contributed by atoms with Crippen molar-refractivity contribution in [1.29, 1.82) is 0 Å². The van der Waals surface area contributed by atoms with Crippen LogP contribution < -0.4 is 11.1 Å². The fraction of sp³-hybridized carbons (Fsp3) is 0.857.